The number of ether oxygens (including phenoxy) is 1. The summed E-state index contributed by atoms with van der Waals surface area (Å²) in [5.74, 6) is 0.823. The molecule has 0 aromatic heterocycles. The molecule has 2 N–H and O–H groups in total. The molecule has 50 heavy (non-hydrogen) atoms. The van der Waals surface area contributed by atoms with Crippen LogP contribution in [0.25, 0.3) is 0 Å². The van der Waals surface area contributed by atoms with Crippen molar-refractivity contribution in [3.05, 3.63) is 89.5 Å². The number of nitrogens with one attached hydrogen (secondary N) is 2. The molecule has 268 valence electrons. The lowest BCUT2D eigenvalue weighted by Gasteiger charge is -2.39. The van der Waals surface area contributed by atoms with Crippen molar-refractivity contribution in [2.45, 2.75) is 56.2 Å². The van der Waals surface area contributed by atoms with Crippen LogP contribution in [-0.4, -0.2) is 83.6 Å². The van der Waals surface area contributed by atoms with Crippen LogP contribution in [0, 0.1) is 11.8 Å². The molecule has 2 heterocycles. The van der Waals surface area contributed by atoms with Gasteiger partial charge in [0.05, 0.1) is 28.4 Å². The fourth-order valence-corrected chi connectivity index (χ4v) is 8.84. The third kappa shape index (κ3) is 8.48. The summed E-state index contributed by atoms with van der Waals surface area (Å²) < 4.78 is 59.6. The van der Waals surface area contributed by atoms with Crippen LogP contribution in [0.2, 0.25) is 0 Å². The molecular formula is C36H45N5O7S2. The predicted octanol–water partition coefficient (Wildman–Crippen LogP) is 4.65. The van der Waals surface area contributed by atoms with E-state index < -0.39 is 32.0 Å². The van der Waals surface area contributed by atoms with Crippen LogP contribution in [0.1, 0.15) is 53.6 Å². The number of amides is 2. The van der Waals surface area contributed by atoms with Gasteiger partial charge in [-0.3, -0.25) is 14.0 Å². The maximum Gasteiger partial charge on any atom is 0.407 e. The van der Waals surface area contributed by atoms with Gasteiger partial charge in [0, 0.05) is 45.5 Å². The van der Waals surface area contributed by atoms with Crippen LogP contribution < -0.4 is 14.9 Å². The van der Waals surface area contributed by atoms with E-state index in [0.717, 1.165) is 40.4 Å². The minimum atomic E-state index is -3.68. The van der Waals surface area contributed by atoms with Gasteiger partial charge in [-0.05, 0) is 72.2 Å². The Morgan fingerprint density at radius 2 is 1.52 bits per heavy atom. The number of hydrogen-bond acceptors (Lipinski definition) is 8. The fraction of sp³-hybridized carbons (Fsp3) is 0.444. The summed E-state index contributed by atoms with van der Waals surface area (Å²) in [6, 6.07) is 20.5. The van der Waals surface area contributed by atoms with Crippen LogP contribution in [0.3, 0.4) is 0 Å². The molecule has 1 aliphatic carbocycles. The minimum Gasteiger partial charge on any atom is -0.445 e. The van der Waals surface area contributed by atoms with E-state index in [4.69, 9.17) is 4.74 Å². The average Bonchev–Trinajstić information content (AvgIpc) is 3.06. The Labute approximate surface area is 294 Å². The highest BCUT2D eigenvalue weighted by Gasteiger charge is 2.35. The van der Waals surface area contributed by atoms with Crippen molar-refractivity contribution in [2.75, 3.05) is 49.1 Å². The molecule has 3 aromatic carbocycles. The molecular weight excluding hydrogens is 679 g/mol. The molecule has 2 amide bonds. The number of rotatable bonds is 12. The number of carbonyl (C=O) groups excluding carboxylic acids is 2. The van der Waals surface area contributed by atoms with Crippen molar-refractivity contribution in [1.29, 1.82) is 0 Å². The van der Waals surface area contributed by atoms with Gasteiger partial charge >= 0.3 is 6.09 Å². The van der Waals surface area contributed by atoms with Gasteiger partial charge in [-0.25, -0.2) is 21.6 Å². The molecule has 0 atom stereocenters. The Kier molecular flexibility index (Phi) is 10.8. The number of anilines is 2. The lowest BCUT2D eigenvalue weighted by molar-refractivity contribution is 0.0934. The van der Waals surface area contributed by atoms with Crippen molar-refractivity contribution in [2.24, 2.45) is 11.8 Å². The second kappa shape index (κ2) is 15.1. The minimum absolute atomic E-state index is 0.0809. The van der Waals surface area contributed by atoms with Crippen LogP contribution in [0.5, 0.6) is 0 Å². The van der Waals surface area contributed by atoms with Crippen molar-refractivity contribution >= 4 is 43.4 Å². The fourth-order valence-electron chi connectivity index (χ4n) is 6.85. The zero-order valence-corrected chi connectivity index (χ0v) is 30.1. The number of hydrogen-bond donors (Lipinski definition) is 2. The van der Waals surface area contributed by atoms with Gasteiger partial charge in [0.1, 0.15) is 6.61 Å². The molecule has 0 radical (unpaired) electrons. The van der Waals surface area contributed by atoms with Crippen molar-refractivity contribution in [3.8, 4) is 0 Å². The van der Waals surface area contributed by atoms with E-state index >= 15 is 0 Å². The second-order valence-electron chi connectivity index (χ2n) is 13.6. The number of piperidine rings is 1. The first-order valence-electron chi connectivity index (χ1n) is 17.0. The lowest BCUT2D eigenvalue weighted by Crippen LogP contribution is -2.58. The van der Waals surface area contributed by atoms with E-state index in [0.29, 0.717) is 44.3 Å². The molecule has 2 saturated heterocycles. The van der Waals surface area contributed by atoms with E-state index in [2.05, 4.69) is 15.5 Å². The number of sulfonamides is 2. The number of likely N-dealkylation sites (tertiary alicyclic amines) is 1. The third-order valence-corrected chi connectivity index (χ3v) is 13.2. The summed E-state index contributed by atoms with van der Waals surface area (Å²) in [6.07, 6.45) is 6.15. The molecule has 12 nitrogen and oxygen atoms in total. The van der Waals surface area contributed by atoms with E-state index in [1.807, 2.05) is 30.3 Å². The number of carbonyl (C=O) groups is 2. The molecule has 0 bridgehead atoms. The first-order valence-corrected chi connectivity index (χ1v) is 20.3. The smallest absolute Gasteiger partial charge is 0.407 e. The normalized spacial score (nSPS) is 18.1. The summed E-state index contributed by atoms with van der Waals surface area (Å²) in [5, 5.41) is 5.67. The summed E-state index contributed by atoms with van der Waals surface area (Å²) >= 11 is 0. The standard InChI is InChI=1S/C36H45N5O7S2/c1-39(49(2,44)45)34-16-11-27(22-40-23-31(24-40)38-36(43)48-25-26-7-4-3-5-8-26)21-33(34)35(42)37-30-12-14-32(15-13-30)50(46,47)41-19-17-29(18-20-41)28-9-6-10-28/h3-5,7-8,11-16,21,28-29,31H,6,9-10,17-20,22-25H2,1-2H3,(H,37,42)(H,38,43). The van der Waals surface area contributed by atoms with E-state index in [-0.39, 0.29) is 28.8 Å². The molecule has 3 fully saturated rings. The Morgan fingerprint density at radius 1 is 0.860 bits per heavy atom. The second-order valence-corrected chi connectivity index (χ2v) is 17.5. The Morgan fingerprint density at radius 3 is 2.14 bits per heavy atom. The van der Waals surface area contributed by atoms with E-state index in [9.17, 15) is 26.4 Å². The van der Waals surface area contributed by atoms with Crippen molar-refractivity contribution < 1.29 is 31.2 Å². The largest absolute Gasteiger partial charge is 0.445 e. The van der Waals surface area contributed by atoms with Gasteiger partial charge in [-0.15, -0.1) is 0 Å². The van der Waals surface area contributed by atoms with E-state index in [1.165, 1.54) is 38.4 Å². The van der Waals surface area contributed by atoms with Gasteiger partial charge in [0.2, 0.25) is 20.0 Å². The zero-order chi connectivity index (χ0) is 35.5. The summed E-state index contributed by atoms with van der Waals surface area (Å²) in [4.78, 5) is 28.1. The molecule has 1 saturated carbocycles. The predicted molar refractivity (Wildman–Crippen MR) is 192 cm³/mol. The maximum atomic E-state index is 13.6. The molecule has 3 aromatic rings. The van der Waals surface area contributed by atoms with Gasteiger partial charge in [-0.2, -0.15) is 4.31 Å². The molecule has 0 unspecified atom stereocenters. The Balaban J connectivity index is 1.07. The summed E-state index contributed by atoms with van der Waals surface area (Å²) in [6.45, 7) is 2.87. The first-order chi connectivity index (χ1) is 23.9. The molecule has 2 aliphatic heterocycles. The van der Waals surface area contributed by atoms with Crippen molar-refractivity contribution in [1.82, 2.24) is 14.5 Å². The number of benzene rings is 3. The van der Waals surface area contributed by atoms with Crippen LogP contribution in [0.15, 0.2) is 77.7 Å². The summed E-state index contributed by atoms with van der Waals surface area (Å²) in [5.41, 5.74) is 2.43. The zero-order valence-electron chi connectivity index (χ0n) is 28.5. The van der Waals surface area contributed by atoms with Gasteiger partial charge in [0.25, 0.3) is 5.91 Å². The Hall–Kier alpha value is -3.98. The average molecular weight is 724 g/mol. The third-order valence-electron chi connectivity index (χ3n) is 10.1. The quantitative estimate of drug-likeness (QED) is 0.275. The van der Waals surface area contributed by atoms with Crippen LogP contribution >= 0.6 is 0 Å². The highest BCUT2D eigenvalue weighted by molar-refractivity contribution is 7.92. The lowest BCUT2D eigenvalue weighted by atomic mass is 9.72. The first kappa shape index (κ1) is 35.8. The maximum absolute atomic E-state index is 13.6. The van der Waals surface area contributed by atoms with E-state index in [1.54, 1.807) is 34.6 Å². The topological polar surface area (TPSA) is 145 Å². The van der Waals surface area contributed by atoms with Gasteiger partial charge in [0.15, 0.2) is 0 Å². The SMILES string of the molecule is CN(c1ccc(CN2CC(NC(=O)OCc3ccccc3)C2)cc1C(=O)Nc1ccc(S(=O)(=O)N2CCC(C3CCC3)CC2)cc1)S(C)(=O)=O. The monoisotopic (exact) mass is 723 g/mol. The number of alkyl carbamates (subject to hydrolysis) is 1. The van der Waals surface area contributed by atoms with Gasteiger partial charge < -0.3 is 15.4 Å². The Bertz CT molecular complexity index is 1890. The van der Waals surface area contributed by atoms with Crippen LogP contribution in [0.4, 0.5) is 16.2 Å². The molecule has 6 rings (SSSR count). The summed E-state index contributed by atoms with van der Waals surface area (Å²) in [7, 11) is -5.95. The number of nitrogens with zero attached hydrogens (tertiary/aromatic N) is 3. The molecule has 0 spiro atoms. The molecule has 14 heteroatoms. The van der Waals surface area contributed by atoms with Crippen molar-refractivity contribution in [3.63, 3.8) is 0 Å². The van der Waals surface area contributed by atoms with Crippen LogP contribution in [-0.2, 0) is 37.9 Å². The molecule has 3 aliphatic rings. The highest BCUT2D eigenvalue weighted by Crippen LogP contribution is 2.39. The van der Waals surface area contributed by atoms with Gasteiger partial charge in [-0.1, -0.05) is 55.7 Å². The highest BCUT2D eigenvalue weighted by atomic mass is 32.2.